The summed E-state index contributed by atoms with van der Waals surface area (Å²) in [6, 6.07) is 8.57. The highest BCUT2D eigenvalue weighted by Gasteiger charge is 2.08. The molecule has 0 aliphatic carbocycles. The van der Waals surface area contributed by atoms with Gasteiger partial charge >= 0.3 is 0 Å². The van der Waals surface area contributed by atoms with Gasteiger partial charge in [0.1, 0.15) is 5.52 Å². The molecule has 0 spiro atoms. The average molecular weight is 261 g/mol. The van der Waals surface area contributed by atoms with Gasteiger partial charge < -0.3 is 9.72 Å². The molecule has 2 heterocycles. The van der Waals surface area contributed by atoms with Crippen molar-refractivity contribution in [3.8, 4) is 5.88 Å². The number of hydrogen-bond donors (Lipinski definition) is 1. The molecule has 0 atom stereocenters. The van der Waals surface area contributed by atoms with E-state index in [2.05, 4.69) is 9.97 Å². The number of ether oxygens (including phenoxy) is 1. The molecule has 1 aromatic carbocycles. The van der Waals surface area contributed by atoms with Crippen molar-refractivity contribution in [2.45, 2.75) is 0 Å². The van der Waals surface area contributed by atoms with Crippen LogP contribution in [0.4, 0.5) is 0 Å². The second kappa shape index (κ2) is 3.99. The smallest absolute Gasteiger partial charge is 0.215 e. The Morgan fingerprint density at radius 1 is 1.22 bits per heavy atom. The van der Waals surface area contributed by atoms with E-state index in [1.165, 1.54) is 7.11 Å². The van der Waals surface area contributed by atoms with E-state index >= 15 is 0 Å². The predicted octanol–water partition coefficient (Wildman–Crippen LogP) is 2.74. The fourth-order valence-corrected chi connectivity index (χ4v) is 2.09. The van der Waals surface area contributed by atoms with Crippen molar-refractivity contribution in [2.75, 3.05) is 7.11 Å². The van der Waals surface area contributed by atoms with E-state index in [0.717, 1.165) is 0 Å². The van der Waals surface area contributed by atoms with Crippen LogP contribution in [0.3, 0.4) is 0 Å². The first kappa shape index (κ1) is 11.0. The number of nitrogens with one attached hydrogen (secondary N) is 1. The molecule has 1 N–H and O–H groups in total. The van der Waals surface area contributed by atoms with E-state index in [9.17, 15) is 4.79 Å². The summed E-state index contributed by atoms with van der Waals surface area (Å²) in [5, 5.41) is 1.15. The number of methoxy groups -OCH3 is 1. The zero-order valence-corrected chi connectivity index (χ0v) is 10.3. The first-order valence-corrected chi connectivity index (χ1v) is 5.73. The van der Waals surface area contributed by atoms with Crippen molar-refractivity contribution >= 4 is 33.5 Å². The maximum absolute atomic E-state index is 12.3. The van der Waals surface area contributed by atoms with Crippen LogP contribution >= 0.6 is 11.6 Å². The molecule has 0 aliphatic rings. The van der Waals surface area contributed by atoms with Crippen molar-refractivity contribution in [3.63, 3.8) is 0 Å². The van der Waals surface area contributed by atoms with Gasteiger partial charge in [-0.3, -0.25) is 4.79 Å². The number of H-pyrrole nitrogens is 1. The van der Waals surface area contributed by atoms with Crippen molar-refractivity contribution < 1.29 is 4.74 Å². The summed E-state index contributed by atoms with van der Waals surface area (Å²) in [5.74, 6) is 0.418. The maximum atomic E-state index is 12.3. The van der Waals surface area contributed by atoms with Crippen LogP contribution < -0.4 is 10.2 Å². The molecule has 4 nitrogen and oxygen atoms in total. The summed E-state index contributed by atoms with van der Waals surface area (Å²) < 4.78 is 5.02. The third-order valence-electron chi connectivity index (χ3n) is 2.79. The molecule has 3 rings (SSSR count). The molecule has 0 saturated heterocycles. The number of benzene rings is 1. The first-order chi connectivity index (χ1) is 8.69. The normalized spacial score (nSPS) is 11.0. The summed E-state index contributed by atoms with van der Waals surface area (Å²) in [7, 11) is 1.52. The van der Waals surface area contributed by atoms with Gasteiger partial charge in [0.25, 0.3) is 0 Å². The van der Waals surface area contributed by atoms with Crippen molar-refractivity contribution in [1.29, 1.82) is 0 Å². The molecule has 18 heavy (non-hydrogen) atoms. The molecule has 2 aromatic heterocycles. The first-order valence-electron chi connectivity index (χ1n) is 5.35. The van der Waals surface area contributed by atoms with Gasteiger partial charge in [0.2, 0.25) is 11.3 Å². The van der Waals surface area contributed by atoms with Crippen LogP contribution in [0.2, 0.25) is 5.02 Å². The lowest BCUT2D eigenvalue weighted by Gasteiger charge is -2.04. The summed E-state index contributed by atoms with van der Waals surface area (Å²) in [6.45, 7) is 0. The van der Waals surface area contributed by atoms with Crippen molar-refractivity contribution in [1.82, 2.24) is 9.97 Å². The van der Waals surface area contributed by atoms with Gasteiger partial charge in [-0.25, -0.2) is 4.98 Å². The Balaban J connectivity index is 2.48. The monoisotopic (exact) mass is 260 g/mol. The lowest BCUT2D eigenvalue weighted by atomic mass is 10.2. The maximum Gasteiger partial charge on any atom is 0.215 e. The highest BCUT2D eigenvalue weighted by molar-refractivity contribution is 6.31. The van der Waals surface area contributed by atoms with Crippen LogP contribution in [0.25, 0.3) is 21.9 Å². The SMILES string of the molecule is COc1ccc2[nH]c3cc(Cl)ccc3c(=O)c2n1. The van der Waals surface area contributed by atoms with Crippen molar-refractivity contribution in [3.05, 3.63) is 45.6 Å². The van der Waals surface area contributed by atoms with E-state index in [1.807, 2.05) is 0 Å². The van der Waals surface area contributed by atoms with E-state index in [0.29, 0.717) is 32.8 Å². The molecule has 90 valence electrons. The fourth-order valence-electron chi connectivity index (χ4n) is 1.92. The van der Waals surface area contributed by atoms with Crippen molar-refractivity contribution in [2.24, 2.45) is 0 Å². The summed E-state index contributed by atoms with van der Waals surface area (Å²) >= 11 is 5.91. The number of rotatable bonds is 1. The second-order valence-electron chi connectivity index (χ2n) is 3.89. The number of fused-ring (bicyclic) bond motifs is 2. The number of aromatic nitrogens is 2. The van der Waals surface area contributed by atoms with Crippen LogP contribution in [0.5, 0.6) is 5.88 Å². The number of hydrogen-bond acceptors (Lipinski definition) is 3. The Bertz CT molecular complexity index is 811. The minimum absolute atomic E-state index is 0.130. The Hall–Kier alpha value is -2.07. The molecular weight excluding hydrogens is 252 g/mol. The highest BCUT2D eigenvalue weighted by Crippen LogP contribution is 2.19. The van der Waals surface area contributed by atoms with Gasteiger partial charge in [-0.1, -0.05) is 11.6 Å². The highest BCUT2D eigenvalue weighted by atomic mass is 35.5. The molecular formula is C13H9ClN2O2. The molecule has 0 fully saturated rings. The fraction of sp³-hybridized carbons (Fsp3) is 0.0769. The van der Waals surface area contributed by atoms with Gasteiger partial charge in [-0.15, -0.1) is 0 Å². The number of halogens is 1. The van der Waals surface area contributed by atoms with Gasteiger partial charge in [-0.05, 0) is 24.3 Å². The number of pyridine rings is 2. The van der Waals surface area contributed by atoms with Gasteiger partial charge in [0.15, 0.2) is 0 Å². The largest absolute Gasteiger partial charge is 0.481 e. The molecule has 5 heteroatoms. The summed E-state index contributed by atoms with van der Waals surface area (Å²) in [6.07, 6.45) is 0. The Kier molecular flexibility index (Phi) is 2.45. The molecule has 0 saturated carbocycles. The molecule has 0 radical (unpaired) electrons. The van der Waals surface area contributed by atoms with Crippen LogP contribution in [0.15, 0.2) is 35.1 Å². The Labute approximate surface area is 107 Å². The zero-order chi connectivity index (χ0) is 12.7. The third-order valence-corrected chi connectivity index (χ3v) is 3.02. The van der Waals surface area contributed by atoms with Crippen LogP contribution in [0.1, 0.15) is 0 Å². The third kappa shape index (κ3) is 1.62. The minimum atomic E-state index is -0.130. The number of aromatic amines is 1. The molecule has 0 bridgehead atoms. The van der Waals surface area contributed by atoms with Gasteiger partial charge in [0.05, 0.1) is 18.1 Å². The van der Waals surface area contributed by atoms with E-state index in [1.54, 1.807) is 30.3 Å². The quantitative estimate of drug-likeness (QED) is 0.685. The standard InChI is InChI=1S/C13H9ClN2O2/c1-18-11-5-4-9-12(16-11)13(17)8-3-2-7(14)6-10(8)15-9/h2-6H,1H3,(H,15,17). The molecule has 3 aromatic rings. The lowest BCUT2D eigenvalue weighted by molar-refractivity contribution is 0.399. The van der Waals surface area contributed by atoms with E-state index in [-0.39, 0.29) is 5.43 Å². The topological polar surface area (TPSA) is 55.0 Å². The Morgan fingerprint density at radius 2 is 2.06 bits per heavy atom. The second-order valence-corrected chi connectivity index (χ2v) is 4.33. The van der Waals surface area contributed by atoms with Crippen LogP contribution in [0, 0.1) is 0 Å². The van der Waals surface area contributed by atoms with Crippen LogP contribution in [-0.4, -0.2) is 17.1 Å². The van der Waals surface area contributed by atoms with E-state index < -0.39 is 0 Å². The number of nitrogens with zero attached hydrogens (tertiary/aromatic N) is 1. The molecule has 0 amide bonds. The summed E-state index contributed by atoms with van der Waals surface area (Å²) in [5.41, 5.74) is 1.60. The van der Waals surface area contributed by atoms with Gasteiger partial charge in [0, 0.05) is 16.5 Å². The lowest BCUT2D eigenvalue weighted by Crippen LogP contribution is -2.06. The Morgan fingerprint density at radius 3 is 2.83 bits per heavy atom. The molecule has 0 unspecified atom stereocenters. The molecule has 0 aliphatic heterocycles. The minimum Gasteiger partial charge on any atom is -0.481 e. The summed E-state index contributed by atoms with van der Waals surface area (Å²) in [4.78, 5) is 19.6. The zero-order valence-electron chi connectivity index (χ0n) is 9.53. The predicted molar refractivity (Wildman–Crippen MR) is 71.4 cm³/mol. The average Bonchev–Trinajstić information content (AvgIpc) is 2.38. The van der Waals surface area contributed by atoms with Gasteiger partial charge in [-0.2, -0.15) is 0 Å². The van der Waals surface area contributed by atoms with E-state index in [4.69, 9.17) is 16.3 Å². The van der Waals surface area contributed by atoms with Crippen LogP contribution in [-0.2, 0) is 0 Å².